The van der Waals surface area contributed by atoms with Crippen LogP contribution in [-0.2, 0) is 0 Å². The molecule has 4 N–H and O–H groups in total. The van der Waals surface area contributed by atoms with Gasteiger partial charge in [0.1, 0.15) is 0 Å². The average molecular weight is 157 g/mol. The summed E-state index contributed by atoms with van der Waals surface area (Å²) in [7, 11) is 0. The fourth-order valence-corrected chi connectivity index (χ4v) is 1.23. The van der Waals surface area contributed by atoms with Gasteiger partial charge in [-0.1, -0.05) is 0 Å². The molecule has 1 heterocycles. The summed E-state index contributed by atoms with van der Waals surface area (Å²) in [6, 6.07) is 0. The number of nitrogens with one attached hydrogen (secondary N) is 1. The number of guanidine groups is 1. The van der Waals surface area contributed by atoms with Crippen LogP contribution >= 0.6 is 0 Å². The number of hydrogen-bond donors (Lipinski definition) is 3. The van der Waals surface area contributed by atoms with Gasteiger partial charge in [-0.15, -0.1) is 0 Å². The normalized spacial score (nSPS) is 23.3. The summed E-state index contributed by atoms with van der Waals surface area (Å²) in [6.45, 7) is 3.22. The molecule has 0 saturated carbocycles. The Kier molecular flexibility index (Phi) is 2.04. The molecule has 4 heteroatoms. The number of hydrogen-bond acceptors (Lipinski definition) is 2. The van der Waals surface area contributed by atoms with E-state index < -0.39 is 5.60 Å². The fraction of sp³-hybridized carbons (Fsp3) is 0.857. The minimum Gasteiger partial charge on any atom is -0.390 e. The lowest BCUT2D eigenvalue weighted by Gasteiger charge is -2.35. The highest BCUT2D eigenvalue weighted by Gasteiger charge is 2.27. The fourth-order valence-electron chi connectivity index (χ4n) is 1.23. The van der Waals surface area contributed by atoms with E-state index in [-0.39, 0.29) is 5.96 Å². The Hall–Kier alpha value is -0.770. The average Bonchev–Trinajstić information content (AvgIpc) is 1.86. The maximum Gasteiger partial charge on any atom is 0.188 e. The van der Waals surface area contributed by atoms with Crippen LogP contribution in [0.1, 0.15) is 19.8 Å². The van der Waals surface area contributed by atoms with Gasteiger partial charge in [-0.25, -0.2) is 0 Å². The molecule has 0 amide bonds. The van der Waals surface area contributed by atoms with Gasteiger partial charge in [0, 0.05) is 13.1 Å². The topological polar surface area (TPSA) is 73.3 Å². The Bertz CT molecular complexity index is 157. The van der Waals surface area contributed by atoms with Crippen LogP contribution in [0.5, 0.6) is 0 Å². The zero-order chi connectivity index (χ0) is 8.48. The van der Waals surface area contributed by atoms with Crippen molar-refractivity contribution >= 4 is 5.96 Å². The second kappa shape index (κ2) is 2.70. The summed E-state index contributed by atoms with van der Waals surface area (Å²) >= 11 is 0. The smallest absolute Gasteiger partial charge is 0.188 e. The summed E-state index contributed by atoms with van der Waals surface area (Å²) in [4.78, 5) is 1.78. The molecule has 0 spiro atoms. The van der Waals surface area contributed by atoms with Crippen LogP contribution in [-0.4, -0.2) is 34.7 Å². The molecule has 0 atom stereocenters. The predicted molar refractivity (Wildman–Crippen MR) is 43.3 cm³/mol. The first-order chi connectivity index (χ1) is 5.01. The molecule has 11 heavy (non-hydrogen) atoms. The van der Waals surface area contributed by atoms with Gasteiger partial charge >= 0.3 is 0 Å². The summed E-state index contributed by atoms with van der Waals surface area (Å²) in [5, 5.41) is 16.7. The van der Waals surface area contributed by atoms with E-state index in [9.17, 15) is 5.11 Å². The first-order valence-corrected chi connectivity index (χ1v) is 3.83. The number of nitrogens with two attached hydrogens (primary N) is 1. The molecular formula is C7H15N3O. The predicted octanol–water partition coefficient (Wildman–Crippen LogP) is -0.273. The quantitative estimate of drug-likeness (QED) is 0.334. The third-order valence-corrected chi connectivity index (χ3v) is 2.18. The number of rotatable bonds is 0. The monoisotopic (exact) mass is 157 g/mol. The van der Waals surface area contributed by atoms with E-state index in [1.54, 1.807) is 4.90 Å². The summed E-state index contributed by atoms with van der Waals surface area (Å²) in [6.07, 6.45) is 1.40. The molecule has 64 valence electrons. The van der Waals surface area contributed by atoms with Crippen LogP contribution in [0.2, 0.25) is 0 Å². The Morgan fingerprint density at radius 1 is 1.55 bits per heavy atom. The number of likely N-dealkylation sites (tertiary alicyclic amines) is 1. The van der Waals surface area contributed by atoms with Gasteiger partial charge in [-0.05, 0) is 19.8 Å². The van der Waals surface area contributed by atoms with Gasteiger partial charge < -0.3 is 15.7 Å². The molecular weight excluding hydrogens is 142 g/mol. The molecule has 1 aliphatic heterocycles. The van der Waals surface area contributed by atoms with Crippen LogP contribution in [0.4, 0.5) is 0 Å². The summed E-state index contributed by atoms with van der Waals surface area (Å²) in [5.74, 6) is 0.112. The Balaban J connectivity index is 2.42. The zero-order valence-corrected chi connectivity index (χ0v) is 6.80. The van der Waals surface area contributed by atoms with E-state index in [1.165, 1.54) is 0 Å². The van der Waals surface area contributed by atoms with Gasteiger partial charge in [0.25, 0.3) is 0 Å². The maximum absolute atomic E-state index is 9.54. The van der Waals surface area contributed by atoms with Crippen molar-refractivity contribution in [3.8, 4) is 0 Å². The van der Waals surface area contributed by atoms with E-state index in [0.29, 0.717) is 25.9 Å². The van der Waals surface area contributed by atoms with Crippen molar-refractivity contribution in [1.29, 1.82) is 5.41 Å². The summed E-state index contributed by atoms with van der Waals surface area (Å²) < 4.78 is 0. The van der Waals surface area contributed by atoms with Crippen molar-refractivity contribution in [2.45, 2.75) is 25.4 Å². The van der Waals surface area contributed by atoms with Gasteiger partial charge in [-0.2, -0.15) is 0 Å². The van der Waals surface area contributed by atoms with Crippen molar-refractivity contribution in [2.24, 2.45) is 5.73 Å². The van der Waals surface area contributed by atoms with E-state index in [2.05, 4.69) is 0 Å². The van der Waals surface area contributed by atoms with Gasteiger partial charge in [0.2, 0.25) is 0 Å². The zero-order valence-electron chi connectivity index (χ0n) is 6.80. The number of aliphatic hydroxyl groups is 1. The van der Waals surface area contributed by atoms with Crippen LogP contribution < -0.4 is 5.73 Å². The maximum atomic E-state index is 9.54. The minimum atomic E-state index is -0.550. The molecule has 0 aromatic carbocycles. The highest BCUT2D eigenvalue weighted by molar-refractivity contribution is 5.74. The molecule has 0 aromatic heterocycles. The molecule has 0 radical (unpaired) electrons. The lowest BCUT2D eigenvalue weighted by atomic mass is 9.94. The molecule has 1 rings (SSSR count). The van der Waals surface area contributed by atoms with Gasteiger partial charge in [0.05, 0.1) is 5.60 Å². The first-order valence-electron chi connectivity index (χ1n) is 3.83. The van der Waals surface area contributed by atoms with E-state index in [4.69, 9.17) is 11.1 Å². The second-order valence-electron chi connectivity index (χ2n) is 3.37. The molecule has 0 aromatic rings. The van der Waals surface area contributed by atoms with Crippen LogP contribution in [0.3, 0.4) is 0 Å². The van der Waals surface area contributed by atoms with Gasteiger partial charge in [-0.3, -0.25) is 5.41 Å². The highest BCUT2D eigenvalue weighted by atomic mass is 16.3. The number of piperidine rings is 1. The number of nitrogens with zero attached hydrogens (tertiary/aromatic N) is 1. The standard InChI is InChI=1S/C7H15N3O/c1-7(11)2-4-10(5-3-7)6(8)9/h11H,2-5H2,1H3,(H3,8,9). The molecule has 0 bridgehead atoms. The lowest BCUT2D eigenvalue weighted by Crippen LogP contribution is -2.47. The minimum absolute atomic E-state index is 0.112. The largest absolute Gasteiger partial charge is 0.390 e. The SMILES string of the molecule is CC1(O)CCN(C(=N)N)CC1. The lowest BCUT2D eigenvalue weighted by molar-refractivity contribution is 0.00955. The van der Waals surface area contributed by atoms with Crippen LogP contribution in [0.15, 0.2) is 0 Å². The molecule has 1 fully saturated rings. The Morgan fingerprint density at radius 2 is 2.00 bits per heavy atom. The molecule has 1 aliphatic rings. The molecule has 1 saturated heterocycles. The van der Waals surface area contributed by atoms with Crippen LogP contribution in [0.25, 0.3) is 0 Å². The van der Waals surface area contributed by atoms with E-state index in [1.807, 2.05) is 6.92 Å². The third kappa shape index (κ3) is 2.08. The molecule has 0 unspecified atom stereocenters. The second-order valence-corrected chi connectivity index (χ2v) is 3.37. The third-order valence-electron chi connectivity index (χ3n) is 2.18. The molecule has 4 nitrogen and oxygen atoms in total. The van der Waals surface area contributed by atoms with Gasteiger partial charge in [0.15, 0.2) is 5.96 Å². The van der Waals surface area contributed by atoms with Crippen molar-refractivity contribution < 1.29 is 5.11 Å². The van der Waals surface area contributed by atoms with Crippen molar-refractivity contribution in [1.82, 2.24) is 4.90 Å². The summed E-state index contributed by atoms with van der Waals surface area (Å²) in [5.41, 5.74) is 4.73. The highest BCUT2D eigenvalue weighted by Crippen LogP contribution is 2.20. The van der Waals surface area contributed by atoms with E-state index >= 15 is 0 Å². The van der Waals surface area contributed by atoms with E-state index in [0.717, 1.165) is 0 Å². The Morgan fingerprint density at radius 3 is 2.36 bits per heavy atom. The Labute approximate surface area is 66.5 Å². The van der Waals surface area contributed by atoms with Crippen molar-refractivity contribution in [3.05, 3.63) is 0 Å². The van der Waals surface area contributed by atoms with Crippen molar-refractivity contribution in [3.63, 3.8) is 0 Å². The first kappa shape index (κ1) is 8.33. The van der Waals surface area contributed by atoms with Crippen LogP contribution in [0, 0.1) is 5.41 Å². The van der Waals surface area contributed by atoms with Crippen molar-refractivity contribution in [2.75, 3.05) is 13.1 Å². The molecule has 0 aliphatic carbocycles.